The topological polar surface area (TPSA) is 59.0 Å². The Morgan fingerprint density at radius 3 is 2.02 bits per heavy atom. The van der Waals surface area contributed by atoms with Gasteiger partial charge < -0.3 is 0 Å². The molecule has 0 fully saturated rings. The lowest BCUT2D eigenvalue weighted by Gasteiger charge is -2.15. The van der Waals surface area contributed by atoms with Crippen molar-refractivity contribution in [3.63, 3.8) is 0 Å². The van der Waals surface area contributed by atoms with Crippen LogP contribution in [0.5, 0.6) is 0 Å². The van der Waals surface area contributed by atoms with Gasteiger partial charge in [-0.15, -0.1) is 0 Å². The fourth-order valence-electron chi connectivity index (χ4n) is 7.85. The number of nitrogens with zero attached hydrogens (tertiary/aromatic N) is 6. The highest BCUT2D eigenvalue weighted by Crippen LogP contribution is 2.34. The van der Waals surface area contributed by atoms with Crippen molar-refractivity contribution in [2.75, 3.05) is 7.05 Å². The van der Waals surface area contributed by atoms with Crippen molar-refractivity contribution in [2.24, 2.45) is 10.9 Å². The minimum atomic E-state index is 0.259. The zero-order chi connectivity index (χ0) is 39.4. The van der Waals surface area contributed by atoms with Gasteiger partial charge in [-0.1, -0.05) is 129 Å². The summed E-state index contributed by atoms with van der Waals surface area (Å²) in [6, 6.07) is 49.1. The first-order valence-electron chi connectivity index (χ1n) is 20.0. The molecule has 6 nitrogen and oxygen atoms in total. The Morgan fingerprint density at radius 1 is 0.655 bits per heavy atom. The third-order valence-electron chi connectivity index (χ3n) is 11.1. The largest absolute Gasteiger partial charge is 0.268 e. The van der Waals surface area contributed by atoms with Crippen LogP contribution < -0.4 is 0 Å². The average molecular weight is 754 g/mol. The summed E-state index contributed by atoms with van der Waals surface area (Å²) in [5, 5.41) is 4.67. The van der Waals surface area contributed by atoms with Gasteiger partial charge in [0.1, 0.15) is 7.05 Å². The van der Waals surface area contributed by atoms with Crippen molar-refractivity contribution < 1.29 is 4.58 Å². The molecule has 0 saturated carbocycles. The van der Waals surface area contributed by atoms with Crippen molar-refractivity contribution in [3.05, 3.63) is 193 Å². The van der Waals surface area contributed by atoms with Crippen molar-refractivity contribution in [1.29, 1.82) is 0 Å². The number of hydrogen-bond donors (Lipinski definition) is 0. The second-order valence-electron chi connectivity index (χ2n) is 15.3. The van der Waals surface area contributed by atoms with Crippen LogP contribution in [0.15, 0.2) is 181 Å². The zero-order valence-corrected chi connectivity index (χ0v) is 33.0. The minimum absolute atomic E-state index is 0.259. The number of aromatic nitrogens is 4. The van der Waals surface area contributed by atoms with Gasteiger partial charge in [-0.25, -0.2) is 19.2 Å². The van der Waals surface area contributed by atoms with Crippen LogP contribution in [0.3, 0.4) is 0 Å². The molecule has 6 heteroatoms. The standard InChI is InChI=1S/C52H45N6/c1-36-14-10-23-45(32-53-31-36)39-17-13-22-44(28-39)52-55-49(42-20-11-18-40(26-42)46-29-51(57(3)34-46)37(2)38-15-6-4-7-16-38)30-50(56-52)43-21-12-19-41(27-43)47-33-54-58(35-47)48-24-8-5-9-25-48/h4-13,15-37,51H,14H2,1-3H3/q+1. The molecule has 3 unspecified atom stereocenters. The van der Waals surface area contributed by atoms with Gasteiger partial charge in [0, 0.05) is 52.4 Å². The van der Waals surface area contributed by atoms with Crippen molar-refractivity contribution >= 4 is 23.6 Å². The molecule has 0 saturated heterocycles. The van der Waals surface area contributed by atoms with E-state index in [4.69, 9.17) is 9.97 Å². The Morgan fingerprint density at radius 2 is 1.28 bits per heavy atom. The van der Waals surface area contributed by atoms with Gasteiger partial charge in [0.2, 0.25) is 0 Å². The summed E-state index contributed by atoms with van der Waals surface area (Å²) in [4.78, 5) is 15.2. The maximum absolute atomic E-state index is 5.28. The summed E-state index contributed by atoms with van der Waals surface area (Å²) < 4.78 is 4.24. The average Bonchev–Trinajstić information content (AvgIpc) is 3.93. The van der Waals surface area contributed by atoms with Crippen LogP contribution >= 0.6 is 0 Å². The Bertz CT molecular complexity index is 2750. The third kappa shape index (κ3) is 7.82. The molecule has 7 aromatic rings. The number of likely N-dealkylation sites (N-methyl/N-ethyl adjacent to an activating group) is 1. The predicted molar refractivity (Wildman–Crippen MR) is 239 cm³/mol. The van der Waals surface area contributed by atoms with Gasteiger partial charge >= 0.3 is 0 Å². The summed E-state index contributed by atoms with van der Waals surface area (Å²) >= 11 is 0. The van der Waals surface area contributed by atoms with E-state index in [1.54, 1.807) is 0 Å². The van der Waals surface area contributed by atoms with E-state index in [2.05, 4.69) is 188 Å². The Labute approximate surface area is 340 Å². The van der Waals surface area contributed by atoms with Crippen LogP contribution in [0.2, 0.25) is 0 Å². The van der Waals surface area contributed by atoms with Gasteiger partial charge in [-0.2, -0.15) is 5.10 Å². The van der Waals surface area contributed by atoms with Crippen LogP contribution in [0.1, 0.15) is 42.9 Å². The fraction of sp³-hybridized carbons (Fsp3) is 0.135. The van der Waals surface area contributed by atoms with E-state index in [1.807, 2.05) is 41.5 Å². The Balaban J connectivity index is 1.12. The number of allylic oxidation sites excluding steroid dienone is 4. The molecule has 0 aliphatic carbocycles. The maximum Gasteiger partial charge on any atom is 0.178 e. The molecule has 3 atom stereocenters. The molecule has 2 aliphatic heterocycles. The number of hydrogen-bond acceptors (Lipinski definition) is 4. The minimum Gasteiger partial charge on any atom is -0.268 e. The number of rotatable bonds is 9. The smallest absolute Gasteiger partial charge is 0.178 e. The molecule has 4 heterocycles. The van der Waals surface area contributed by atoms with Gasteiger partial charge in [0.25, 0.3) is 0 Å². The van der Waals surface area contributed by atoms with E-state index in [0.29, 0.717) is 17.7 Å². The Kier molecular flexibility index (Phi) is 10.2. The summed E-state index contributed by atoms with van der Waals surface area (Å²) in [5.74, 6) is 1.42. The van der Waals surface area contributed by atoms with Gasteiger partial charge in [-0.3, -0.25) is 4.99 Å². The first kappa shape index (κ1) is 36.6. The van der Waals surface area contributed by atoms with Crippen LogP contribution in [-0.4, -0.2) is 49.8 Å². The van der Waals surface area contributed by atoms with Gasteiger partial charge in [0.05, 0.1) is 23.3 Å². The number of benzene rings is 5. The first-order valence-corrected chi connectivity index (χ1v) is 20.0. The molecule has 2 aliphatic rings. The van der Waals surface area contributed by atoms with Crippen molar-refractivity contribution in [2.45, 2.75) is 32.2 Å². The summed E-state index contributed by atoms with van der Waals surface area (Å²) in [6.45, 7) is 4.49. The van der Waals surface area contributed by atoms with E-state index in [0.717, 1.165) is 68.0 Å². The fourth-order valence-corrected chi connectivity index (χ4v) is 7.85. The summed E-state index contributed by atoms with van der Waals surface area (Å²) in [5.41, 5.74) is 13.6. The summed E-state index contributed by atoms with van der Waals surface area (Å²) in [6.07, 6.45) is 18.0. The maximum atomic E-state index is 5.28. The lowest BCUT2D eigenvalue weighted by atomic mass is 9.92. The highest BCUT2D eigenvalue weighted by Gasteiger charge is 2.30. The van der Waals surface area contributed by atoms with E-state index in [1.165, 1.54) is 11.1 Å². The van der Waals surface area contributed by atoms with Crippen LogP contribution in [0.25, 0.3) is 61.9 Å². The van der Waals surface area contributed by atoms with Gasteiger partial charge in [-0.05, 0) is 82.6 Å². The molecule has 5 aromatic carbocycles. The lowest BCUT2D eigenvalue weighted by Crippen LogP contribution is -2.23. The SMILES string of the molecule is CC1C=NC=C(c2cccc(-c3nc(-c4cccc(C5=CC(C(C)c6ccccc6)[N+](C)=C5)c4)cc(-c4cccc(-c5cnn(-c6ccccc6)c5)c4)n3)c2)C=CC1. The normalized spacial score (nSPS) is 16.9. The molecule has 0 spiro atoms. The molecular formula is C52H45N6+. The molecule has 2 aromatic heterocycles. The molecule has 0 radical (unpaired) electrons. The van der Waals surface area contributed by atoms with Crippen molar-refractivity contribution in [1.82, 2.24) is 19.7 Å². The van der Waals surface area contributed by atoms with Crippen molar-refractivity contribution in [3.8, 4) is 50.7 Å². The monoisotopic (exact) mass is 753 g/mol. The van der Waals surface area contributed by atoms with Crippen LogP contribution in [0, 0.1) is 5.92 Å². The van der Waals surface area contributed by atoms with Crippen LogP contribution in [0.4, 0.5) is 0 Å². The predicted octanol–water partition coefficient (Wildman–Crippen LogP) is 11.6. The van der Waals surface area contributed by atoms with E-state index >= 15 is 0 Å². The third-order valence-corrected chi connectivity index (χ3v) is 11.1. The van der Waals surface area contributed by atoms with E-state index < -0.39 is 0 Å². The molecule has 0 N–H and O–H groups in total. The molecule has 282 valence electrons. The summed E-state index contributed by atoms with van der Waals surface area (Å²) in [7, 11) is 2.17. The van der Waals surface area contributed by atoms with Crippen LogP contribution in [-0.2, 0) is 0 Å². The zero-order valence-electron chi connectivity index (χ0n) is 33.0. The molecule has 9 rings (SSSR count). The van der Waals surface area contributed by atoms with Gasteiger partial charge in [0.15, 0.2) is 18.1 Å². The van der Waals surface area contributed by atoms with E-state index in [-0.39, 0.29) is 6.04 Å². The molecule has 0 amide bonds. The molecular weight excluding hydrogens is 709 g/mol. The Hall–Kier alpha value is -7.05. The second-order valence-corrected chi connectivity index (χ2v) is 15.3. The highest BCUT2D eigenvalue weighted by molar-refractivity contribution is 6.09. The second kappa shape index (κ2) is 16.2. The lowest BCUT2D eigenvalue weighted by molar-refractivity contribution is -0.520. The molecule has 0 bridgehead atoms. The number of para-hydroxylation sites is 1. The quantitative estimate of drug-likeness (QED) is 0.138. The number of aliphatic imine (C=N–C) groups is 1. The molecule has 58 heavy (non-hydrogen) atoms. The highest BCUT2D eigenvalue weighted by atomic mass is 15.3. The van der Waals surface area contributed by atoms with E-state index in [9.17, 15) is 0 Å². The first-order chi connectivity index (χ1) is 28.4.